The van der Waals surface area contributed by atoms with E-state index in [1.807, 2.05) is 6.07 Å². The minimum atomic E-state index is 0.268. The Labute approximate surface area is 131 Å². The van der Waals surface area contributed by atoms with Crippen molar-refractivity contribution in [3.8, 4) is 5.88 Å². The second kappa shape index (κ2) is 4.69. The third-order valence-corrected chi connectivity index (χ3v) is 6.58. The molecular weight excluding hydrogens is 467 g/mol. The molecule has 0 aliphatic carbocycles. The third kappa shape index (κ3) is 2.12. The quantitative estimate of drug-likeness (QED) is 0.251. The molecule has 1 aromatic rings. The van der Waals surface area contributed by atoms with Crippen LogP contribution in [0.2, 0.25) is 5.15 Å². The van der Waals surface area contributed by atoms with Gasteiger partial charge in [-0.05, 0) is 12.1 Å². The maximum absolute atomic E-state index is 5.88. The Bertz CT molecular complexity index is 496. The van der Waals surface area contributed by atoms with Gasteiger partial charge in [0.25, 0.3) is 0 Å². The third-order valence-electron chi connectivity index (χ3n) is 2.68. The highest BCUT2D eigenvalue weighted by Crippen LogP contribution is 2.34. The lowest BCUT2D eigenvalue weighted by Gasteiger charge is -2.22. The zero-order valence-corrected chi connectivity index (χ0v) is 13.7. The van der Waals surface area contributed by atoms with Gasteiger partial charge in [0, 0.05) is 0 Å². The van der Waals surface area contributed by atoms with Crippen LogP contribution in [0.1, 0.15) is 5.56 Å². The molecule has 0 fully saturated rings. The van der Waals surface area contributed by atoms with Crippen LogP contribution < -0.4 is 4.74 Å². The summed E-state index contributed by atoms with van der Waals surface area (Å²) >= 11 is 10.7. The van der Waals surface area contributed by atoms with Crippen LogP contribution >= 0.6 is 56.8 Å². The van der Waals surface area contributed by atoms with Gasteiger partial charge in [0.05, 0.1) is 12.1 Å². The Hall–Kier alpha value is 0.170. The minimum absolute atomic E-state index is 0.268. The molecule has 0 radical (unpaired) electrons. The molecule has 2 aliphatic rings. The Kier molecular flexibility index (Phi) is 3.37. The lowest BCUT2D eigenvalue weighted by Crippen LogP contribution is -2.35. The summed E-state index contributed by atoms with van der Waals surface area (Å²) in [7, 11) is 0. The number of aromatic nitrogens is 1. The molecule has 0 aromatic carbocycles. The number of pyridine rings is 1. The zero-order valence-electron chi connectivity index (χ0n) is 8.61. The largest absolute Gasteiger partial charge is 0.475 e. The standard InChI is InChI=1S/C10H8ClI2N3O/c11-6-2-1-5-9-15-7(12)8(13)16(9)3-4-17-10(5)14-6/h1-2,7-8H,3-4H2. The van der Waals surface area contributed by atoms with Crippen LogP contribution in [0.15, 0.2) is 17.1 Å². The van der Waals surface area contributed by atoms with Crippen molar-refractivity contribution in [2.45, 2.75) is 8.10 Å². The number of hydrogen-bond acceptors (Lipinski definition) is 4. The molecule has 4 nitrogen and oxygen atoms in total. The molecular formula is C10H8ClI2N3O. The lowest BCUT2D eigenvalue weighted by molar-refractivity contribution is 0.274. The van der Waals surface area contributed by atoms with Gasteiger partial charge in [-0.3, -0.25) is 4.99 Å². The number of amidine groups is 1. The minimum Gasteiger partial charge on any atom is -0.475 e. The molecule has 0 amide bonds. The fourth-order valence-electron chi connectivity index (χ4n) is 1.91. The molecule has 3 rings (SSSR count). The number of fused-ring (bicyclic) bond motifs is 3. The van der Waals surface area contributed by atoms with Crippen LogP contribution in [0.25, 0.3) is 0 Å². The molecule has 0 saturated heterocycles. The Morgan fingerprint density at radius 3 is 3.06 bits per heavy atom. The molecule has 90 valence electrons. The van der Waals surface area contributed by atoms with Crippen LogP contribution in [-0.4, -0.2) is 37.0 Å². The number of alkyl halides is 2. The predicted molar refractivity (Wildman–Crippen MR) is 83.6 cm³/mol. The van der Waals surface area contributed by atoms with Crippen molar-refractivity contribution in [3.05, 3.63) is 22.8 Å². The van der Waals surface area contributed by atoms with E-state index in [0.717, 1.165) is 17.9 Å². The highest BCUT2D eigenvalue weighted by atomic mass is 127. The molecule has 0 bridgehead atoms. The number of nitrogens with zero attached hydrogens (tertiary/aromatic N) is 3. The van der Waals surface area contributed by atoms with Gasteiger partial charge in [-0.2, -0.15) is 0 Å². The summed E-state index contributed by atoms with van der Waals surface area (Å²) in [4.78, 5) is 11.2. The molecule has 2 unspecified atom stereocenters. The van der Waals surface area contributed by atoms with E-state index in [9.17, 15) is 0 Å². The Morgan fingerprint density at radius 1 is 1.41 bits per heavy atom. The highest BCUT2D eigenvalue weighted by Gasteiger charge is 2.36. The van der Waals surface area contributed by atoms with Crippen LogP contribution in [0, 0.1) is 0 Å². The molecule has 1 aromatic heterocycles. The summed E-state index contributed by atoms with van der Waals surface area (Å²) in [6.07, 6.45) is 0. The first-order valence-corrected chi connectivity index (χ1v) is 7.96. The van der Waals surface area contributed by atoms with Gasteiger partial charge < -0.3 is 9.64 Å². The van der Waals surface area contributed by atoms with E-state index in [2.05, 4.69) is 60.1 Å². The summed E-state index contributed by atoms with van der Waals surface area (Å²) in [5.41, 5.74) is 0.938. The topological polar surface area (TPSA) is 37.7 Å². The van der Waals surface area contributed by atoms with Gasteiger partial charge in [0.1, 0.15) is 25.7 Å². The molecule has 2 atom stereocenters. The number of hydrogen-bond donors (Lipinski definition) is 0. The van der Waals surface area contributed by atoms with E-state index in [0.29, 0.717) is 21.7 Å². The van der Waals surface area contributed by atoms with Crippen molar-refractivity contribution in [2.75, 3.05) is 13.2 Å². The highest BCUT2D eigenvalue weighted by molar-refractivity contribution is 14.1. The number of aliphatic imine (C=N–C) groups is 1. The predicted octanol–water partition coefficient (Wildman–Crippen LogP) is 2.71. The van der Waals surface area contributed by atoms with E-state index in [1.165, 1.54) is 0 Å². The maximum Gasteiger partial charge on any atom is 0.226 e. The van der Waals surface area contributed by atoms with E-state index in [4.69, 9.17) is 16.3 Å². The van der Waals surface area contributed by atoms with E-state index in [1.54, 1.807) is 6.07 Å². The molecule has 7 heteroatoms. The van der Waals surface area contributed by atoms with Crippen molar-refractivity contribution in [1.82, 2.24) is 9.88 Å². The average molecular weight is 475 g/mol. The zero-order chi connectivity index (χ0) is 12.0. The Morgan fingerprint density at radius 2 is 2.24 bits per heavy atom. The number of ether oxygens (including phenoxy) is 1. The number of halogens is 3. The summed E-state index contributed by atoms with van der Waals surface area (Å²) in [5.74, 6) is 1.56. The van der Waals surface area contributed by atoms with Crippen molar-refractivity contribution in [1.29, 1.82) is 0 Å². The molecule has 17 heavy (non-hydrogen) atoms. The fraction of sp³-hybridized carbons (Fsp3) is 0.400. The second-order valence-corrected chi connectivity index (χ2v) is 6.67. The van der Waals surface area contributed by atoms with Gasteiger partial charge in [0.2, 0.25) is 5.88 Å². The normalized spacial score (nSPS) is 26.8. The second-order valence-electron chi connectivity index (χ2n) is 3.73. The summed E-state index contributed by atoms with van der Waals surface area (Å²) in [6.45, 7) is 1.45. The van der Waals surface area contributed by atoms with Gasteiger partial charge in [-0.25, -0.2) is 4.98 Å². The smallest absolute Gasteiger partial charge is 0.226 e. The first-order chi connectivity index (χ1) is 8.16. The molecule has 0 saturated carbocycles. The maximum atomic E-state index is 5.88. The van der Waals surface area contributed by atoms with Gasteiger partial charge in [-0.15, -0.1) is 0 Å². The van der Waals surface area contributed by atoms with Crippen LogP contribution in [0.3, 0.4) is 0 Å². The fourth-order valence-corrected chi connectivity index (χ4v) is 3.41. The van der Waals surface area contributed by atoms with Gasteiger partial charge in [0.15, 0.2) is 0 Å². The molecule has 2 aliphatic heterocycles. The van der Waals surface area contributed by atoms with E-state index in [-0.39, 0.29) is 4.05 Å². The molecule has 0 N–H and O–H groups in total. The lowest BCUT2D eigenvalue weighted by atomic mass is 10.2. The van der Waals surface area contributed by atoms with Crippen LogP contribution in [0.4, 0.5) is 0 Å². The first kappa shape index (κ1) is 12.2. The average Bonchev–Trinajstić information content (AvgIpc) is 2.49. The van der Waals surface area contributed by atoms with Crippen molar-refractivity contribution in [2.24, 2.45) is 4.99 Å². The number of rotatable bonds is 0. The summed E-state index contributed by atoms with van der Waals surface area (Å²) < 4.78 is 6.26. The van der Waals surface area contributed by atoms with Crippen LogP contribution in [0.5, 0.6) is 5.88 Å². The van der Waals surface area contributed by atoms with Crippen LogP contribution in [-0.2, 0) is 0 Å². The SMILES string of the molecule is Clc1ccc2c(n1)OCCN1C2=NC(I)C1I. The van der Waals surface area contributed by atoms with Gasteiger partial charge in [-0.1, -0.05) is 56.8 Å². The molecule has 3 heterocycles. The van der Waals surface area contributed by atoms with E-state index < -0.39 is 0 Å². The Balaban J connectivity index is 2.11. The first-order valence-electron chi connectivity index (χ1n) is 5.09. The summed E-state index contributed by atoms with van der Waals surface area (Å²) in [5, 5.41) is 0.452. The van der Waals surface area contributed by atoms with Gasteiger partial charge >= 0.3 is 0 Å². The van der Waals surface area contributed by atoms with Crippen molar-refractivity contribution >= 4 is 62.6 Å². The van der Waals surface area contributed by atoms with Crippen molar-refractivity contribution in [3.63, 3.8) is 0 Å². The van der Waals surface area contributed by atoms with Crippen molar-refractivity contribution < 1.29 is 4.74 Å². The molecule has 0 spiro atoms. The summed E-state index contributed by atoms with van der Waals surface area (Å²) in [6, 6.07) is 3.71. The van der Waals surface area contributed by atoms with E-state index >= 15 is 0 Å². The monoisotopic (exact) mass is 475 g/mol.